The SMILES string of the molecule is OC(Nc1cn(Cc2nn[nH]n2)nc1-c1cc(OC(F)F)ccc1OC(F)F)c1cnn2cccnc12. The maximum absolute atomic E-state index is 13.1. The average Bonchev–Trinajstić information content (AvgIpc) is 3.60. The largest absolute Gasteiger partial charge is 0.435 e. The fraction of sp³-hybridized carbons (Fsp3) is 0.200. The molecule has 192 valence electrons. The summed E-state index contributed by atoms with van der Waals surface area (Å²) < 4.78 is 63.7. The van der Waals surface area contributed by atoms with Gasteiger partial charge in [0.15, 0.2) is 17.7 Å². The Morgan fingerprint density at radius 2 is 1.97 bits per heavy atom. The number of aromatic amines is 1. The number of aliphatic hydroxyl groups excluding tert-OH is 1. The summed E-state index contributed by atoms with van der Waals surface area (Å²) in [6, 6.07) is 4.82. The second-order valence-electron chi connectivity index (χ2n) is 7.37. The number of rotatable bonds is 10. The number of tetrazole rings is 1. The number of nitrogens with zero attached hydrogens (tertiary/aromatic N) is 8. The minimum Gasteiger partial charge on any atom is -0.435 e. The number of hydrogen-bond donors (Lipinski definition) is 3. The molecule has 0 saturated heterocycles. The third-order valence-corrected chi connectivity index (χ3v) is 5.00. The average molecular weight is 520 g/mol. The zero-order chi connectivity index (χ0) is 25.9. The lowest BCUT2D eigenvalue weighted by molar-refractivity contribution is -0.0526. The molecule has 0 fully saturated rings. The van der Waals surface area contributed by atoms with E-state index in [1.807, 2.05) is 0 Å². The van der Waals surface area contributed by atoms with Crippen molar-refractivity contribution < 1.29 is 32.1 Å². The smallest absolute Gasteiger partial charge is 0.387 e. The van der Waals surface area contributed by atoms with E-state index >= 15 is 0 Å². The first kappa shape index (κ1) is 23.9. The number of H-pyrrole nitrogens is 1. The van der Waals surface area contributed by atoms with Gasteiger partial charge < -0.3 is 19.9 Å². The van der Waals surface area contributed by atoms with Crippen molar-refractivity contribution in [2.75, 3.05) is 5.32 Å². The van der Waals surface area contributed by atoms with E-state index in [0.717, 1.165) is 18.2 Å². The topological polar surface area (TPSA) is 153 Å². The first-order valence-electron chi connectivity index (χ1n) is 10.4. The minimum absolute atomic E-state index is 0.00217. The third-order valence-electron chi connectivity index (χ3n) is 5.00. The van der Waals surface area contributed by atoms with Gasteiger partial charge in [0.25, 0.3) is 0 Å². The summed E-state index contributed by atoms with van der Waals surface area (Å²) in [6.45, 7) is -6.38. The fourth-order valence-corrected chi connectivity index (χ4v) is 3.53. The van der Waals surface area contributed by atoms with Crippen LogP contribution >= 0.6 is 0 Å². The normalized spacial score (nSPS) is 12.4. The summed E-state index contributed by atoms with van der Waals surface area (Å²) >= 11 is 0. The Morgan fingerprint density at radius 1 is 1.14 bits per heavy atom. The van der Waals surface area contributed by atoms with Gasteiger partial charge in [0.2, 0.25) is 0 Å². The first-order chi connectivity index (χ1) is 17.9. The zero-order valence-electron chi connectivity index (χ0n) is 18.4. The van der Waals surface area contributed by atoms with Crippen LogP contribution in [0.5, 0.6) is 11.5 Å². The molecule has 17 heteroatoms. The number of fused-ring (bicyclic) bond motifs is 1. The number of halogens is 4. The molecule has 0 spiro atoms. The first-order valence-corrected chi connectivity index (χ1v) is 10.4. The van der Waals surface area contributed by atoms with E-state index in [2.05, 4.69) is 50.6 Å². The standard InChI is InChI=1S/C20H16F4N10O3/c21-19(22)36-10-2-3-14(37-20(23)24)11(6-10)16-13(8-33(30-16)9-15-28-31-32-29-15)27-18(35)12-7-26-34-5-1-4-25-17(12)34/h1-8,18-20,27,35H,9H2,(H,28,29,31,32). The number of benzene rings is 1. The quantitative estimate of drug-likeness (QED) is 0.185. The maximum atomic E-state index is 13.1. The predicted octanol–water partition coefficient (Wildman–Crippen LogP) is 2.46. The van der Waals surface area contributed by atoms with Gasteiger partial charge in [-0.2, -0.15) is 33.0 Å². The van der Waals surface area contributed by atoms with E-state index in [1.165, 1.54) is 27.8 Å². The van der Waals surface area contributed by atoms with Crippen molar-refractivity contribution in [3.63, 3.8) is 0 Å². The van der Waals surface area contributed by atoms with Crippen LogP contribution in [-0.2, 0) is 6.54 Å². The molecular weight excluding hydrogens is 504 g/mol. The van der Waals surface area contributed by atoms with Crippen LogP contribution < -0.4 is 14.8 Å². The lowest BCUT2D eigenvalue weighted by Gasteiger charge is -2.15. The van der Waals surface area contributed by atoms with E-state index in [4.69, 9.17) is 0 Å². The number of nitrogens with one attached hydrogen (secondary N) is 2. The summed E-state index contributed by atoms with van der Waals surface area (Å²) in [5, 5.41) is 35.7. The highest BCUT2D eigenvalue weighted by Gasteiger charge is 2.23. The van der Waals surface area contributed by atoms with Crippen LogP contribution in [0, 0.1) is 0 Å². The highest BCUT2D eigenvalue weighted by Crippen LogP contribution is 2.39. The molecule has 0 bridgehead atoms. The van der Waals surface area contributed by atoms with Gasteiger partial charge in [0.05, 0.1) is 23.0 Å². The van der Waals surface area contributed by atoms with Crippen molar-refractivity contribution in [1.82, 2.24) is 45.0 Å². The van der Waals surface area contributed by atoms with Crippen molar-refractivity contribution in [2.45, 2.75) is 26.0 Å². The van der Waals surface area contributed by atoms with Crippen LogP contribution in [0.2, 0.25) is 0 Å². The summed E-state index contributed by atoms with van der Waals surface area (Å²) in [5.41, 5.74) is 0.647. The number of anilines is 1. The molecule has 0 radical (unpaired) electrons. The second-order valence-corrected chi connectivity index (χ2v) is 7.37. The van der Waals surface area contributed by atoms with Crippen LogP contribution in [0.15, 0.2) is 49.1 Å². The Balaban J connectivity index is 1.57. The summed E-state index contributed by atoms with van der Waals surface area (Å²) in [5.74, 6) is -0.443. The molecule has 0 aliphatic rings. The molecule has 1 aromatic carbocycles. The van der Waals surface area contributed by atoms with Gasteiger partial charge in [0, 0.05) is 18.6 Å². The van der Waals surface area contributed by atoms with Crippen molar-refractivity contribution in [3.05, 3.63) is 60.4 Å². The number of ether oxygens (including phenoxy) is 2. The van der Waals surface area contributed by atoms with Crippen LogP contribution in [-0.4, -0.2) is 63.3 Å². The van der Waals surface area contributed by atoms with E-state index in [0.29, 0.717) is 11.2 Å². The summed E-state index contributed by atoms with van der Waals surface area (Å²) in [4.78, 5) is 4.19. The van der Waals surface area contributed by atoms with Gasteiger partial charge in [-0.25, -0.2) is 9.50 Å². The molecule has 5 aromatic rings. The third kappa shape index (κ3) is 5.25. The van der Waals surface area contributed by atoms with Gasteiger partial charge in [-0.05, 0) is 24.3 Å². The van der Waals surface area contributed by atoms with E-state index < -0.39 is 19.5 Å². The molecule has 37 heavy (non-hydrogen) atoms. The van der Waals surface area contributed by atoms with E-state index in [1.54, 1.807) is 12.3 Å². The monoisotopic (exact) mass is 520 g/mol. The highest BCUT2D eigenvalue weighted by molar-refractivity contribution is 5.79. The molecule has 1 unspecified atom stereocenters. The van der Waals surface area contributed by atoms with E-state index in [9.17, 15) is 22.7 Å². The Morgan fingerprint density at radius 3 is 2.73 bits per heavy atom. The number of alkyl halides is 4. The van der Waals surface area contributed by atoms with Crippen molar-refractivity contribution in [2.24, 2.45) is 0 Å². The molecule has 0 saturated carbocycles. The van der Waals surface area contributed by atoms with Crippen LogP contribution in [0.1, 0.15) is 17.6 Å². The van der Waals surface area contributed by atoms with Gasteiger partial charge in [-0.1, -0.05) is 5.21 Å². The van der Waals surface area contributed by atoms with Gasteiger partial charge in [-0.15, -0.1) is 10.2 Å². The summed E-state index contributed by atoms with van der Waals surface area (Å²) in [7, 11) is 0. The molecule has 0 amide bonds. The number of aromatic nitrogens is 9. The van der Waals surface area contributed by atoms with Gasteiger partial charge >= 0.3 is 13.2 Å². The van der Waals surface area contributed by atoms with Crippen molar-refractivity contribution in [1.29, 1.82) is 0 Å². The Kier molecular flexibility index (Phi) is 6.50. The molecule has 4 aromatic heterocycles. The molecule has 3 N–H and O–H groups in total. The fourth-order valence-electron chi connectivity index (χ4n) is 3.53. The molecule has 13 nitrogen and oxygen atoms in total. The zero-order valence-corrected chi connectivity index (χ0v) is 18.4. The second kappa shape index (κ2) is 10.1. The minimum atomic E-state index is -3.21. The van der Waals surface area contributed by atoms with Crippen LogP contribution in [0.4, 0.5) is 23.2 Å². The lowest BCUT2D eigenvalue weighted by atomic mass is 10.1. The lowest BCUT2D eigenvalue weighted by Crippen LogP contribution is -2.10. The molecule has 0 aliphatic heterocycles. The summed E-state index contributed by atoms with van der Waals surface area (Å²) in [6.07, 6.45) is 4.60. The molecule has 1 atom stereocenters. The Hall–Kier alpha value is -4.80. The maximum Gasteiger partial charge on any atom is 0.387 e. The molecule has 0 aliphatic carbocycles. The Labute approximate surface area is 203 Å². The molecule has 4 heterocycles. The molecular formula is C20H16F4N10O3. The van der Waals surface area contributed by atoms with Crippen molar-refractivity contribution >= 4 is 11.3 Å². The van der Waals surface area contributed by atoms with Crippen LogP contribution in [0.25, 0.3) is 16.9 Å². The van der Waals surface area contributed by atoms with Crippen molar-refractivity contribution in [3.8, 4) is 22.8 Å². The van der Waals surface area contributed by atoms with Crippen LogP contribution in [0.3, 0.4) is 0 Å². The molecule has 5 rings (SSSR count). The predicted molar refractivity (Wildman–Crippen MR) is 116 cm³/mol. The van der Waals surface area contributed by atoms with Gasteiger partial charge in [0.1, 0.15) is 23.7 Å². The van der Waals surface area contributed by atoms with E-state index in [-0.39, 0.29) is 40.8 Å². The van der Waals surface area contributed by atoms with Gasteiger partial charge in [-0.3, -0.25) is 4.68 Å². The Bertz CT molecular complexity index is 1490. The number of aliphatic hydroxyl groups is 1. The highest BCUT2D eigenvalue weighted by atomic mass is 19.3. The number of hydrogen-bond acceptors (Lipinski definition) is 10.